The van der Waals surface area contributed by atoms with Crippen LogP contribution in [0, 0.1) is 0 Å². The summed E-state index contributed by atoms with van der Waals surface area (Å²) in [5, 5.41) is 12.8. The number of aromatic nitrogens is 3. The van der Waals surface area contributed by atoms with Gasteiger partial charge in [-0.05, 0) is 6.42 Å². The molecule has 8 heteroatoms. The lowest BCUT2D eigenvalue weighted by atomic mass is 10.2. The zero-order chi connectivity index (χ0) is 13.1. The molecule has 0 radical (unpaired) electrons. The second-order valence-electron chi connectivity index (χ2n) is 3.80. The molecule has 2 aromatic heterocycles. The summed E-state index contributed by atoms with van der Waals surface area (Å²) >= 11 is 11.3. The summed E-state index contributed by atoms with van der Waals surface area (Å²) in [7, 11) is 0. The molecular weight excluding hydrogens is 292 g/mol. The Balaban J connectivity index is 2.36. The maximum absolute atomic E-state index is 9.30. The first-order valence-electron chi connectivity index (χ1n) is 5.54. The third-order valence-electron chi connectivity index (χ3n) is 2.41. The topological polar surface area (TPSA) is 70.9 Å². The number of halogens is 1. The van der Waals surface area contributed by atoms with Gasteiger partial charge in [0.15, 0.2) is 21.1 Å². The Bertz CT molecular complexity index is 548. The minimum atomic E-state index is -0.0401. The molecule has 0 aromatic carbocycles. The molecule has 2 N–H and O–H groups in total. The Labute approximate surface area is 119 Å². The number of aliphatic hydroxyl groups is 1. The maximum atomic E-state index is 9.30. The quantitative estimate of drug-likeness (QED) is 0.585. The van der Waals surface area contributed by atoms with Crippen molar-refractivity contribution in [1.82, 2.24) is 15.0 Å². The molecule has 0 amide bonds. The first kappa shape index (κ1) is 13.8. The van der Waals surface area contributed by atoms with E-state index in [2.05, 4.69) is 39.8 Å². The number of fused-ring (bicyclic) bond motifs is 1. The van der Waals surface area contributed by atoms with Gasteiger partial charge in [0.2, 0.25) is 0 Å². The van der Waals surface area contributed by atoms with Crippen molar-refractivity contribution in [3.63, 3.8) is 0 Å². The van der Waals surface area contributed by atoms with E-state index in [1.54, 1.807) is 0 Å². The Kier molecular flexibility index (Phi) is 4.60. The van der Waals surface area contributed by atoms with Gasteiger partial charge in [0.1, 0.15) is 4.70 Å². The molecule has 2 heterocycles. The SMILES string of the molecule is CCCC(CO)Nc1nc(S)nc2nc(Cl)sc12. The standard InChI is InChI=1S/C10H13ClN4OS2/c1-2-3-5(4-16)12-7-6-8(13-9(11)18-6)15-10(17)14-7/h5,16H,2-4H2,1H3,(H2,12,14,15,17). The van der Waals surface area contributed by atoms with Gasteiger partial charge in [-0.1, -0.05) is 36.3 Å². The molecule has 0 aliphatic heterocycles. The number of thiol groups is 1. The molecule has 2 rings (SSSR count). The van der Waals surface area contributed by atoms with Crippen LogP contribution < -0.4 is 5.32 Å². The summed E-state index contributed by atoms with van der Waals surface area (Å²) in [6.07, 6.45) is 1.83. The van der Waals surface area contributed by atoms with Crippen LogP contribution in [-0.2, 0) is 0 Å². The molecule has 0 saturated carbocycles. The normalized spacial score (nSPS) is 12.9. The van der Waals surface area contributed by atoms with Crippen LogP contribution in [0.25, 0.3) is 10.3 Å². The van der Waals surface area contributed by atoms with Crippen molar-refractivity contribution < 1.29 is 5.11 Å². The van der Waals surface area contributed by atoms with Crippen molar-refractivity contribution in [2.75, 3.05) is 11.9 Å². The van der Waals surface area contributed by atoms with E-state index in [1.165, 1.54) is 11.3 Å². The second-order valence-corrected chi connectivity index (χ2v) is 5.79. The molecule has 98 valence electrons. The molecule has 1 unspecified atom stereocenters. The van der Waals surface area contributed by atoms with E-state index in [4.69, 9.17) is 11.6 Å². The van der Waals surface area contributed by atoms with Gasteiger partial charge < -0.3 is 10.4 Å². The second kappa shape index (κ2) is 6.01. The third kappa shape index (κ3) is 3.03. The molecular formula is C10H13ClN4OS2. The number of hydrogen-bond donors (Lipinski definition) is 3. The van der Waals surface area contributed by atoms with Crippen molar-refractivity contribution in [3.8, 4) is 0 Å². The van der Waals surface area contributed by atoms with Gasteiger partial charge in [-0.25, -0.2) is 15.0 Å². The van der Waals surface area contributed by atoms with Gasteiger partial charge in [-0.3, -0.25) is 0 Å². The first-order valence-corrected chi connectivity index (χ1v) is 7.18. The van der Waals surface area contributed by atoms with Crippen LogP contribution in [0.3, 0.4) is 0 Å². The van der Waals surface area contributed by atoms with Gasteiger partial charge in [-0.15, -0.1) is 12.6 Å². The number of aliphatic hydroxyl groups excluding tert-OH is 1. The Morgan fingerprint density at radius 3 is 2.89 bits per heavy atom. The number of nitrogens with one attached hydrogen (secondary N) is 1. The smallest absolute Gasteiger partial charge is 0.188 e. The minimum absolute atomic E-state index is 0.0401. The lowest BCUT2D eigenvalue weighted by Gasteiger charge is -2.16. The number of nitrogens with zero attached hydrogens (tertiary/aromatic N) is 3. The van der Waals surface area contributed by atoms with E-state index in [0.29, 0.717) is 21.1 Å². The number of hydrogen-bond acceptors (Lipinski definition) is 7. The van der Waals surface area contributed by atoms with Crippen molar-refractivity contribution in [1.29, 1.82) is 0 Å². The molecule has 0 fully saturated rings. The van der Waals surface area contributed by atoms with Crippen molar-refractivity contribution >= 4 is 51.7 Å². The minimum Gasteiger partial charge on any atom is -0.394 e. The van der Waals surface area contributed by atoms with E-state index in [-0.39, 0.29) is 12.6 Å². The summed E-state index contributed by atoms with van der Waals surface area (Å²) < 4.78 is 1.20. The van der Waals surface area contributed by atoms with Crippen molar-refractivity contribution in [2.24, 2.45) is 0 Å². The van der Waals surface area contributed by atoms with Gasteiger partial charge in [0, 0.05) is 0 Å². The van der Waals surface area contributed by atoms with E-state index < -0.39 is 0 Å². The zero-order valence-corrected chi connectivity index (χ0v) is 12.2. The monoisotopic (exact) mass is 304 g/mol. The van der Waals surface area contributed by atoms with Gasteiger partial charge in [0.05, 0.1) is 12.6 Å². The summed E-state index contributed by atoms with van der Waals surface area (Å²) in [6.45, 7) is 2.11. The van der Waals surface area contributed by atoms with E-state index >= 15 is 0 Å². The van der Waals surface area contributed by atoms with Crippen molar-refractivity contribution in [3.05, 3.63) is 4.47 Å². The Morgan fingerprint density at radius 2 is 2.22 bits per heavy atom. The number of rotatable bonds is 5. The third-order valence-corrected chi connectivity index (χ3v) is 3.77. The van der Waals surface area contributed by atoms with E-state index in [9.17, 15) is 5.11 Å². The van der Waals surface area contributed by atoms with Crippen LogP contribution in [0.5, 0.6) is 0 Å². The highest BCUT2D eigenvalue weighted by molar-refractivity contribution is 7.80. The molecule has 18 heavy (non-hydrogen) atoms. The average molecular weight is 305 g/mol. The number of thiazole rings is 1. The van der Waals surface area contributed by atoms with E-state index in [0.717, 1.165) is 17.5 Å². The Hall–Kier alpha value is -0.630. The zero-order valence-electron chi connectivity index (χ0n) is 9.72. The van der Waals surface area contributed by atoms with Crippen LogP contribution in [0.4, 0.5) is 5.82 Å². The lowest BCUT2D eigenvalue weighted by molar-refractivity contribution is 0.268. The summed E-state index contributed by atoms with van der Waals surface area (Å²) in [4.78, 5) is 12.4. The molecule has 5 nitrogen and oxygen atoms in total. The van der Waals surface area contributed by atoms with Crippen LogP contribution >= 0.6 is 35.6 Å². The molecule has 0 bridgehead atoms. The van der Waals surface area contributed by atoms with Gasteiger partial charge in [-0.2, -0.15) is 0 Å². The van der Waals surface area contributed by atoms with Crippen molar-refractivity contribution in [2.45, 2.75) is 31.0 Å². The summed E-state index contributed by atoms with van der Waals surface area (Å²) in [5.41, 5.74) is 0.528. The average Bonchev–Trinajstić information content (AvgIpc) is 2.68. The van der Waals surface area contributed by atoms with Crippen LogP contribution in [0.15, 0.2) is 5.16 Å². The predicted molar refractivity (Wildman–Crippen MR) is 76.9 cm³/mol. The van der Waals surface area contributed by atoms with Crippen LogP contribution in [-0.4, -0.2) is 32.7 Å². The molecule has 0 aliphatic rings. The molecule has 2 aromatic rings. The van der Waals surface area contributed by atoms with E-state index in [1.807, 2.05) is 0 Å². The molecule has 0 aliphatic carbocycles. The Morgan fingerprint density at radius 1 is 1.44 bits per heavy atom. The highest BCUT2D eigenvalue weighted by Gasteiger charge is 2.14. The molecule has 0 spiro atoms. The summed E-state index contributed by atoms with van der Waals surface area (Å²) in [5.74, 6) is 0.627. The molecule has 0 saturated heterocycles. The fraction of sp³-hybridized carbons (Fsp3) is 0.500. The van der Waals surface area contributed by atoms with Crippen LogP contribution in [0.2, 0.25) is 4.47 Å². The number of anilines is 1. The highest BCUT2D eigenvalue weighted by Crippen LogP contribution is 2.30. The summed E-state index contributed by atoms with van der Waals surface area (Å²) in [6, 6.07) is -0.0401. The fourth-order valence-corrected chi connectivity index (χ4v) is 2.83. The molecule has 1 atom stereocenters. The van der Waals surface area contributed by atoms with Gasteiger partial charge >= 0.3 is 0 Å². The largest absolute Gasteiger partial charge is 0.394 e. The van der Waals surface area contributed by atoms with Gasteiger partial charge in [0.25, 0.3) is 0 Å². The lowest BCUT2D eigenvalue weighted by Crippen LogP contribution is -2.24. The van der Waals surface area contributed by atoms with Crippen LogP contribution in [0.1, 0.15) is 19.8 Å². The predicted octanol–water partition coefficient (Wildman–Crippen LogP) is 2.60. The highest BCUT2D eigenvalue weighted by atomic mass is 35.5. The first-order chi connectivity index (χ1) is 8.63. The maximum Gasteiger partial charge on any atom is 0.188 e. The fourth-order valence-electron chi connectivity index (χ4n) is 1.64.